The van der Waals surface area contributed by atoms with Crippen molar-refractivity contribution >= 4 is 5.91 Å². The number of carbonyl (C=O) groups excluding carboxylic acids is 1. The molecule has 15 heavy (non-hydrogen) atoms. The predicted molar refractivity (Wildman–Crippen MR) is 62.8 cm³/mol. The molecule has 1 fully saturated rings. The Balaban J connectivity index is 2.17. The van der Waals surface area contributed by atoms with Gasteiger partial charge in [0.25, 0.3) is 0 Å². The Morgan fingerprint density at radius 3 is 2.33 bits per heavy atom. The van der Waals surface area contributed by atoms with E-state index < -0.39 is 0 Å². The van der Waals surface area contributed by atoms with Crippen molar-refractivity contribution in [3.05, 3.63) is 0 Å². The summed E-state index contributed by atoms with van der Waals surface area (Å²) in [5, 5.41) is 6.29. The third kappa shape index (κ3) is 5.78. The minimum absolute atomic E-state index is 0.0178. The van der Waals surface area contributed by atoms with E-state index in [1.54, 1.807) is 0 Å². The smallest absolute Gasteiger partial charge is 0.234 e. The van der Waals surface area contributed by atoms with Gasteiger partial charge >= 0.3 is 0 Å². The second kappa shape index (κ2) is 5.50. The third-order valence-corrected chi connectivity index (χ3v) is 2.75. The molecule has 0 bridgehead atoms. The molecule has 1 aliphatic carbocycles. The Morgan fingerprint density at radius 2 is 1.80 bits per heavy atom. The van der Waals surface area contributed by atoms with Gasteiger partial charge in [0.2, 0.25) is 5.91 Å². The Labute approximate surface area is 93.0 Å². The van der Waals surface area contributed by atoms with Gasteiger partial charge in [-0.25, -0.2) is 0 Å². The monoisotopic (exact) mass is 212 g/mol. The van der Waals surface area contributed by atoms with Crippen LogP contribution in [0.25, 0.3) is 0 Å². The molecule has 3 heteroatoms. The highest BCUT2D eigenvalue weighted by molar-refractivity contribution is 5.78. The van der Waals surface area contributed by atoms with E-state index in [-0.39, 0.29) is 11.4 Å². The zero-order valence-corrected chi connectivity index (χ0v) is 10.2. The van der Waals surface area contributed by atoms with Crippen LogP contribution in [0, 0.1) is 0 Å². The van der Waals surface area contributed by atoms with Gasteiger partial charge in [0.1, 0.15) is 0 Å². The fourth-order valence-corrected chi connectivity index (χ4v) is 1.87. The maximum atomic E-state index is 11.6. The predicted octanol–water partition coefficient (Wildman–Crippen LogP) is 1.82. The van der Waals surface area contributed by atoms with E-state index in [9.17, 15) is 4.79 Å². The molecule has 0 heterocycles. The lowest BCUT2D eigenvalue weighted by Gasteiger charge is -2.24. The van der Waals surface area contributed by atoms with Gasteiger partial charge in [0, 0.05) is 11.6 Å². The van der Waals surface area contributed by atoms with Gasteiger partial charge in [0.05, 0.1) is 6.54 Å². The van der Waals surface area contributed by atoms with Crippen LogP contribution in [-0.2, 0) is 4.79 Å². The van der Waals surface area contributed by atoms with Gasteiger partial charge in [-0.2, -0.15) is 0 Å². The quantitative estimate of drug-likeness (QED) is 0.749. The van der Waals surface area contributed by atoms with E-state index in [1.165, 1.54) is 19.3 Å². The Bertz CT molecular complexity index is 202. The second-order valence-electron chi connectivity index (χ2n) is 5.51. The highest BCUT2D eigenvalue weighted by Gasteiger charge is 2.16. The molecular weight excluding hydrogens is 188 g/mol. The van der Waals surface area contributed by atoms with Crippen LogP contribution in [-0.4, -0.2) is 24.0 Å². The first-order chi connectivity index (χ1) is 6.97. The lowest BCUT2D eigenvalue weighted by molar-refractivity contribution is -0.121. The summed E-state index contributed by atoms with van der Waals surface area (Å²) in [4.78, 5) is 11.6. The molecule has 1 amide bonds. The summed E-state index contributed by atoms with van der Waals surface area (Å²) in [7, 11) is 0. The molecule has 88 valence electrons. The lowest BCUT2D eigenvalue weighted by atomic mass is 9.95. The summed E-state index contributed by atoms with van der Waals surface area (Å²) in [6, 6.07) is 0.424. The zero-order valence-electron chi connectivity index (χ0n) is 10.2. The van der Waals surface area contributed by atoms with Crippen molar-refractivity contribution in [1.82, 2.24) is 10.6 Å². The minimum Gasteiger partial charge on any atom is -0.352 e. The molecule has 0 aromatic rings. The van der Waals surface area contributed by atoms with Crippen molar-refractivity contribution in [3.8, 4) is 0 Å². The van der Waals surface area contributed by atoms with E-state index in [2.05, 4.69) is 31.4 Å². The summed E-state index contributed by atoms with van der Waals surface area (Å²) in [5.74, 6) is 0.136. The zero-order chi connectivity index (χ0) is 11.3. The van der Waals surface area contributed by atoms with Crippen LogP contribution in [0.3, 0.4) is 0 Å². The highest BCUT2D eigenvalue weighted by atomic mass is 16.2. The van der Waals surface area contributed by atoms with Gasteiger partial charge in [0.15, 0.2) is 0 Å². The maximum absolute atomic E-state index is 11.6. The topological polar surface area (TPSA) is 41.1 Å². The molecule has 3 nitrogen and oxygen atoms in total. The fraction of sp³-hybridized carbons (Fsp3) is 0.917. The SMILES string of the molecule is CC(C)(C)NCC(=O)NC1CCCCC1. The molecule has 1 saturated carbocycles. The van der Waals surface area contributed by atoms with Crippen LogP contribution >= 0.6 is 0 Å². The molecule has 0 spiro atoms. The van der Waals surface area contributed by atoms with E-state index in [0.717, 1.165) is 12.8 Å². The molecule has 0 radical (unpaired) electrons. The van der Waals surface area contributed by atoms with Crippen LogP contribution in [0.4, 0.5) is 0 Å². The number of carbonyl (C=O) groups is 1. The minimum atomic E-state index is 0.0178. The van der Waals surface area contributed by atoms with Crippen LogP contribution in [0.5, 0.6) is 0 Å². The molecule has 1 aliphatic rings. The Morgan fingerprint density at radius 1 is 1.20 bits per heavy atom. The Hall–Kier alpha value is -0.570. The van der Waals surface area contributed by atoms with Gasteiger partial charge < -0.3 is 10.6 Å². The standard InChI is InChI=1S/C12H24N2O/c1-12(2,3)13-9-11(15)14-10-7-5-4-6-8-10/h10,13H,4-9H2,1-3H3,(H,14,15). The molecule has 0 aromatic carbocycles. The van der Waals surface area contributed by atoms with Crippen LogP contribution in [0.1, 0.15) is 52.9 Å². The summed E-state index contributed by atoms with van der Waals surface area (Å²) >= 11 is 0. The number of rotatable bonds is 3. The summed E-state index contributed by atoms with van der Waals surface area (Å²) < 4.78 is 0. The van der Waals surface area contributed by atoms with Crippen molar-refractivity contribution in [2.45, 2.75) is 64.5 Å². The second-order valence-corrected chi connectivity index (χ2v) is 5.51. The third-order valence-electron chi connectivity index (χ3n) is 2.75. The van der Waals surface area contributed by atoms with Gasteiger partial charge in [-0.3, -0.25) is 4.79 Å². The largest absolute Gasteiger partial charge is 0.352 e. The van der Waals surface area contributed by atoms with Crippen LogP contribution in [0.2, 0.25) is 0 Å². The molecular formula is C12H24N2O. The van der Waals surface area contributed by atoms with Crippen molar-refractivity contribution in [3.63, 3.8) is 0 Å². The summed E-state index contributed by atoms with van der Waals surface area (Å²) in [6.45, 7) is 6.64. The number of hydrogen-bond acceptors (Lipinski definition) is 2. The van der Waals surface area contributed by atoms with Gasteiger partial charge in [-0.1, -0.05) is 19.3 Å². The molecule has 0 aliphatic heterocycles. The van der Waals surface area contributed by atoms with E-state index in [0.29, 0.717) is 12.6 Å². The first-order valence-electron chi connectivity index (χ1n) is 6.02. The van der Waals surface area contributed by atoms with Gasteiger partial charge in [-0.05, 0) is 33.6 Å². The molecule has 0 unspecified atom stereocenters. The Kier molecular flexibility index (Phi) is 4.58. The number of hydrogen-bond donors (Lipinski definition) is 2. The normalized spacial score (nSPS) is 18.9. The van der Waals surface area contributed by atoms with Crippen molar-refractivity contribution in [2.24, 2.45) is 0 Å². The van der Waals surface area contributed by atoms with Crippen molar-refractivity contribution in [2.75, 3.05) is 6.54 Å². The molecule has 0 saturated heterocycles. The van der Waals surface area contributed by atoms with Crippen molar-refractivity contribution in [1.29, 1.82) is 0 Å². The van der Waals surface area contributed by atoms with Crippen molar-refractivity contribution < 1.29 is 4.79 Å². The first-order valence-corrected chi connectivity index (χ1v) is 6.02. The fourth-order valence-electron chi connectivity index (χ4n) is 1.87. The van der Waals surface area contributed by atoms with E-state index in [1.807, 2.05) is 0 Å². The lowest BCUT2D eigenvalue weighted by Crippen LogP contribution is -2.46. The van der Waals surface area contributed by atoms with E-state index >= 15 is 0 Å². The maximum Gasteiger partial charge on any atom is 0.234 e. The van der Waals surface area contributed by atoms with Crippen LogP contribution in [0.15, 0.2) is 0 Å². The average molecular weight is 212 g/mol. The molecule has 2 N–H and O–H groups in total. The van der Waals surface area contributed by atoms with Crippen LogP contribution < -0.4 is 10.6 Å². The summed E-state index contributed by atoms with van der Waals surface area (Å²) in [6.07, 6.45) is 6.16. The van der Waals surface area contributed by atoms with Gasteiger partial charge in [-0.15, -0.1) is 0 Å². The number of nitrogens with one attached hydrogen (secondary N) is 2. The number of amides is 1. The molecule has 0 aromatic heterocycles. The van der Waals surface area contributed by atoms with E-state index in [4.69, 9.17) is 0 Å². The molecule has 1 rings (SSSR count). The first kappa shape index (κ1) is 12.5. The summed E-state index contributed by atoms with van der Waals surface area (Å²) in [5.41, 5.74) is 0.0178. The molecule has 0 atom stereocenters. The highest BCUT2D eigenvalue weighted by Crippen LogP contribution is 2.17. The average Bonchev–Trinajstić information content (AvgIpc) is 2.15.